The Kier molecular flexibility index (Phi) is 6.31. The van der Waals surface area contributed by atoms with Gasteiger partial charge in [-0.3, -0.25) is 9.59 Å². The molecule has 2 fully saturated rings. The van der Waals surface area contributed by atoms with Gasteiger partial charge in [0.25, 0.3) is 5.91 Å². The molecule has 1 amide bonds. The highest BCUT2D eigenvalue weighted by Gasteiger charge is 2.54. The quantitative estimate of drug-likeness (QED) is 0.234. The van der Waals surface area contributed by atoms with Gasteiger partial charge in [-0.1, -0.05) is 31.2 Å². The van der Waals surface area contributed by atoms with Crippen molar-refractivity contribution < 1.29 is 30.0 Å². The summed E-state index contributed by atoms with van der Waals surface area (Å²) in [5, 5.41) is 39.7. The summed E-state index contributed by atoms with van der Waals surface area (Å²) in [6.45, 7) is 1.35. The van der Waals surface area contributed by atoms with Gasteiger partial charge in [-0.25, -0.2) is 0 Å². The molecule has 29 heavy (non-hydrogen) atoms. The molecule has 4 N–H and O–H groups in total. The summed E-state index contributed by atoms with van der Waals surface area (Å²) in [6, 6.07) is -0.977. The van der Waals surface area contributed by atoms with Gasteiger partial charge in [0.05, 0.1) is 13.2 Å². The van der Waals surface area contributed by atoms with Gasteiger partial charge in [0, 0.05) is 25.0 Å². The summed E-state index contributed by atoms with van der Waals surface area (Å²) >= 11 is 0. The van der Waals surface area contributed by atoms with Crippen LogP contribution < -0.4 is 0 Å². The zero-order chi connectivity index (χ0) is 21.3. The summed E-state index contributed by atoms with van der Waals surface area (Å²) in [6.07, 6.45) is 9.80. The zero-order valence-electron chi connectivity index (χ0n) is 17.0. The highest BCUT2D eigenvalue weighted by Crippen LogP contribution is 2.56. The summed E-state index contributed by atoms with van der Waals surface area (Å²) in [5.74, 6) is -1.37. The minimum atomic E-state index is -0.977. The molecule has 0 aromatic rings. The average Bonchev–Trinajstić information content (AvgIpc) is 2.94. The summed E-state index contributed by atoms with van der Waals surface area (Å²) in [7, 11) is 1.45. The Morgan fingerprint density at radius 1 is 1.21 bits per heavy atom. The molecule has 0 aromatic carbocycles. The maximum atomic E-state index is 12.8. The van der Waals surface area contributed by atoms with Crippen molar-refractivity contribution in [2.24, 2.45) is 29.1 Å². The molecule has 0 radical (unpaired) electrons. The molecule has 6 atom stereocenters. The summed E-state index contributed by atoms with van der Waals surface area (Å²) in [4.78, 5) is 26.7. The molecule has 0 aromatic heterocycles. The third kappa shape index (κ3) is 3.45. The van der Waals surface area contributed by atoms with Crippen molar-refractivity contribution in [1.82, 2.24) is 4.90 Å². The van der Waals surface area contributed by atoms with E-state index in [1.165, 1.54) is 11.9 Å². The Labute approximate surface area is 171 Å². The molecule has 1 saturated carbocycles. The van der Waals surface area contributed by atoms with E-state index in [4.69, 9.17) is 0 Å². The zero-order valence-corrected chi connectivity index (χ0v) is 17.0. The number of hydrogen-bond donors (Lipinski definition) is 4. The number of carbonyl (C=O) groups excluding carboxylic acids is 2. The fourth-order valence-electron chi connectivity index (χ4n) is 5.39. The first-order valence-electron chi connectivity index (χ1n) is 10.2. The lowest BCUT2D eigenvalue weighted by Crippen LogP contribution is -2.46. The number of rotatable bonds is 5. The molecule has 6 unspecified atom stereocenters. The molecule has 7 heteroatoms. The number of fused-ring (bicyclic) bond motifs is 1. The van der Waals surface area contributed by atoms with Crippen molar-refractivity contribution in [3.8, 4) is 0 Å². The van der Waals surface area contributed by atoms with Crippen LogP contribution in [0.25, 0.3) is 0 Å². The van der Waals surface area contributed by atoms with Gasteiger partial charge >= 0.3 is 0 Å². The fraction of sp³-hybridized carbons (Fsp3) is 0.636. The molecule has 3 aliphatic rings. The molecule has 7 nitrogen and oxygen atoms in total. The van der Waals surface area contributed by atoms with Gasteiger partial charge in [0.1, 0.15) is 17.4 Å². The van der Waals surface area contributed by atoms with E-state index in [1.54, 1.807) is 12.2 Å². The minimum absolute atomic E-state index is 0.0183. The number of likely N-dealkylation sites (tertiary alicyclic amines) is 1. The van der Waals surface area contributed by atoms with Crippen LogP contribution in [-0.4, -0.2) is 69.9 Å². The van der Waals surface area contributed by atoms with E-state index in [1.807, 2.05) is 13.0 Å². The molecule has 160 valence electrons. The summed E-state index contributed by atoms with van der Waals surface area (Å²) < 4.78 is 0. The van der Waals surface area contributed by atoms with Crippen molar-refractivity contribution in [1.29, 1.82) is 0 Å². The number of Topliss-reactive ketones (excluding diaryl/α,β-unsaturated/α-hetero) is 1. The van der Waals surface area contributed by atoms with Crippen LogP contribution in [0, 0.1) is 29.1 Å². The Morgan fingerprint density at radius 3 is 2.52 bits per heavy atom. The Morgan fingerprint density at radius 2 is 1.93 bits per heavy atom. The van der Waals surface area contributed by atoms with Crippen molar-refractivity contribution in [3.05, 3.63) is 35.6 Å². The summed E-state index contributed by atoms with van der Waals surface area (Å²) in [5.41, 5.74) is -1.15. The lowest BCUT2D eigenvalue weighted by Gasteiger charge is -2.50. The number of aliphatic hydroxyl groups is 4. The van der Waals surface area contributed by atoms with E-state index in [0.29, 0.717) is 0 Å². The van der Waals surface area contributed by atoms with Crippen LogP contribution in [0.2, 0.25) is 0 Å². The van der Waals surface area contributed by atoms with Gasteiger partial charge in [0.2, 0.25) is 0 Å². The van der Waals surface area contributed by atoms with Crippen LogP contribution in [0.15, 0.2) is 35.6 Å². The van der Waals surface area contributed by atoms with Crippen LogP contribution in [0.4, 0.5) is 0 Å². The van der Waals surface area contributed by atoms with Crippen LogP contribution in [0.5, 0.6) is 0 Å². The number of carbonyl (C=O) groups is 2. The second kappa shape index (κ2) is 8.42. The maximum absolute atomic E-state index is 12.8. The fourth-order valence-corrected chi connectivity index (χ4v) is 5.39. The van der Waals surface area contributed by atoms with Gasteiger partial charge in [-0.15, -0.1) is 0 Å². The molecule has 1 aliphatic heterocycles. The van der Waals surface area contributed by atoms with Crippen LogP contribution in [0.3, 0.4) is 0 Å². The van der Waals surface area contributed by atoms with Gasteiger partial charge in [-0.2, -0.15) is 0 Å². The number of allylic oxidation sites excluding steroid dienone is 4. The Hall–Kier alpha value is -1.96. The largest absolute Gasteiger partial charge is 0.511 e. The first-order chi connectivity index (χ1) is 13.8. The van der Waals surface area contributed by atoms with Gasteiger partial charge in [0.15, 0.2) is 5.78 Å². The Bertz CT molecular complexity index is 756. The van der Waals surface area contributed by atoms with Crippen LogP contribution in [0.1, 0.15) is 26.2 Å². The molecule has 3 rings (SSSR count). The highest BCUT2D eigenvalue weighted by molar-refractivity contribution is 6.26. The van der Waals surface area contributed by atoms with Crippen LogP contribution in [-0.2, 0) is 9.59 Å². The average molecular weight is 405 g/mol. The van der Waals surface area contributed by atoms with E-state index in [-0.39, 0.29) is 48.2 Å². The number of aliphatic hydroxyl groups excluding tert-OH is 4. The Balaban J connectivity index is 2.11. The van der Waals surface area contributed by atoms with E-state index in [9.17, 15) is 30.0 Å². The first-order valence-corrected chi connectivity index (χ1v) is 10.2. The topological polar surface area (TPSA) is 118 Å². The molecule has 1 saturated heterocycles. The molecular formula is C22H31NO6. The SMILES string of the molecule is CN1C(=O)C(=C(O)C2(C)C(C=CCO)C=CC3CC(CO)CCC32)C(=O)C1CO. The predicted octanol–water partition coefficient (Wildman–Crippen LogP) is 0.966. The third-order valence-corrected chi connectivity index (χ3v) is 7.21. The number of hydrogen-bond acceptors (Lipinski definition) is 6. The maximum Gasteiger partial charge on any atom is 0.261 e. The molecule has 0 spiro atoms. The van der Waals surface area contributed by atoms with Crippen molar-refractivity contribution in [2.75, 3.05) is 26.9 Å². The van der Waals surface area contributed by atoms with E-state index in [2.05, 4.69) is 6.08 Å². The normalized spacial score (nSPS) is 39.3. The van der Waals surface area contributed by atoms with E-state index < -0.39 is 29.8 Å². The van der Waals surface area contributed by atoms with Gasteiger partial charge < -0.3 is 25.3 Å². The third-order valence-electron chi connectivity index (χ3n) is 7.21. The molecular weight excluding hydrogens is 374 g/mol. The van der Waals surface area contributed by atoms with Crippen molar-refractivity contribution in [2.45, 2.75) is 32.2 Å². The van der Waals surface area contributed by atoms with E-state index >= 15 is 0 Å². The minimum Gasteiger partial charge on any atom is -0.511 e. The lowest BCUT2D eigenvalue weighted by molar-refractivity contribution is -0.126. The second-order valence-corrected chi connectivity index (χ2v) is 8.64. The number of ketones is 1. The molecule has 1 heterocycles. The van der Waals surface area contributed by atoms with Crippen molar-refractivity contribution in [3.63, 3.8) is 0 Å². The lowest BCUT2D eigenvalue weighted by atomic mass is 9.54. The van der Waals surface area contributed by atoms with Gasteiger partial charge in [-0.05, 0) is 37.0 Å². The standard InChI is InChI=1S/C22H31NO6/c1-22(20(28)18-19(27)17(12-26)23(2)21(18)29)15(4-3-9-24)7-6-14-10-13(11-25)5-8-16(14)22/h3-4,6-7,13-17,24-26,28H,5,8-12H2,1-2H3. The number of amides is 1. The van der Waals surface area contributed by atoms with Crippen LogP contribution >= 0.6 is 0 Å². The number of nitrogens with zero attached hydrogens (tertiary/aromatic N) is 1. The second-order valence-electron chi connectivity index (χ2n) is 8.64. The number of likely N-dealkylation sites (N-methyl/N-ethyl adjacent to an activating group) is 1. The van der Waals surface area contributed by atoms with E-state index in [0.717, 1.165) is 19.3 Å². The molecule has 0 bridgehead atoms. The molecule has 2 aliphatic carbocycles. The monoisotopic (exact) mass is 405 g/mol. The predicted molar refractivity (Wildman–Crippen MR) is 107 cm³/mol. The first kappa shape index (κ1) is 21.7. The van der Waals surface area contributed by atoms with Crippen molar-refractivity contribution >= 4 is 11.7 Å². The highest BCUT2D eigenvalue weighted by atomic mass is 16.3. The smallest absolute Gasteiger partial charge is 0.261 e.